The molecule has 0 aromatic carbocycles. The summed E-state index contributed by atoms with van der Waals surface area (Å²) in [6.45, 7) is 6.90. The van der Waals surface area contributed by atoms with Crippen LogP contribution in [0.4, 0.5) is 0 Å². The van der Waals surface area contributed by atoms with Crippen LogP contribution in [0.15, 0.2) is 22.1 Å². The molecule has 0 aliphatic heterocycles. The molecule has 7 heteroatoms. The molecule has 1 amide bonds. The van der Waals surface area contributed by atoms with Crippen molar-refractivity contribution in [3.63, 3.8) is 0 Å². The Bertz CT molecular complexity index is 636. The molecule has 126 valence electrons. The van der Waals surface area contributed by atoms with Crippen molar-refractivity contribution in [3.8, 4) is 11.5 Å². The number of nitrogens with one attached hydrogen (secondary N) is 1. The summed E-state index contributed by atoms with van der Waals surface area (Å²) in [5.74, 6) is 0.672. The lowest BCUT2D eigenvalue weighted by molar-refractivity contribution is 0.0259. The number of hydrogen-bond acceptors (Lipinski definition) is 6. The maximum absolute atomic E-state index is 12.0. The predicted molar refractivity (Wildman–Crippen MR) is 88.6 cm³/mol. The van der Waals surface area contributed by atoms with Crippen LogP contribution in [0, 0.1) is 12.8 Å². The number of carbonyl (C=O) groups is 1. The normalized spacial score (nSPS) is 12.6. The molecule has 6 nitrogen and oxygen atoms in total. The largest absolute Gasteiger partial charge is 0.462 e. The average Bonchev–Trinajstić information content (AvgIpc) is 3.13. The monoisotopic (exact) mass is 338 g/mol. The Kier molecular flexibility index (Phi) is 6.32. The number of ether oxygens (including phenoxy) is 1. The Morgan fingerprint density at radius 1 is 1.48 bits per heavy atom. The molecule has 2 aromatic rings. The fraction of sp³-hybridized carbons (Fsp3) is 0.500. The molecular formula is C16H22N2O4S. The minimum Gasteiger partial charge on any atom is -0.462 e. The van der Waals surface area contributed by atoms with Gasteiger partial charge in [0.15, 0.2) is 5.76 Å². The Morgan fingerprint density at radius 2 is 2.26 bits per heavy atom. The third kappa shape index (κ3) is 5.46. The molecule has 1 atom stereocenters. The molecule has 1 unspecified atom stereocenters. The lowest BCUT2D eigenvalue weighted by atomic mass is 10.2. The van der Waals surface area contributed by atoms with Crippen LogP contribution in [0.5, 0.6) is 0 Å². The first-order valence-electron chi connectivity index (χ1n) is 7.50. The van der Waals surface area contributed by atoms with Crippen molar-refractivity contribution in [3.05, 3.63) is 28.3 Å². The van der Waals surface area contributed by atoms with Crippen LogP contribution < -0.4 is 5.32 Å². The lowest BCUT2D eigenvalue weighted by Crippen LogP contribution is -2.34. The van der Waals surface area contributed by atoms with Gasteiger partial charge in [-0.05, 0) is 18.9 Å². The van der Waals surface area contributed by atoms with E-state index >= 15 is 0 Å². The number of carbonyl (C=O) groups excluding carboxylic acids is 1. The highest BCUT2D eigenvalue weighted by atomic mass is 32.1. The van der Waals surface area contributed by atoms with Crippen LogP contribution in [0.3, 0.4) is 0 Å². The van der Waals surface area contributed by atoms with E-state index in [0.29, 0.717) is 29.5 Å². The fourth-order valence-electron chi connectivity index (χ4n) is 1.88. The van der Waals surface area contributed by atoms with E-state index < -0.39 is 6.10 Å². The van der Waals surface area contributed by atoms with E-state index in [2.05, 4.69) is 10.3 Å². The summed E-state index contributed by atoms with van der Waals surface area (Å²) >= 11 is 1.52. The summed E-state index contributed by atoms with van der Waals surface area (Å²) in [5, 5.41) is 15.2. The van der Waals surface area contributed by atoms with E-state index in [4.69, 9.17) is 9.15 Å². The Hall–Kier alpha value is -1.70. The summed E-state index contributed by atoms with van der Waals surface area (Å²) in [6, 6.07) is 1.64. The summed E-state index contributed by atoms with van der Waals surface area (Å²) < 4.78 is 10.7. The third-order valence-corrected chi connectivity index (χ3v) is 3.77. The van der Waals surface area contributed by atoms with Gasteiger partial charge in [-0.3, -0.25) is 4.79 Å². The van der Waals surface area contributed by atoms with Gasteiger partial charge in [0, 0.05) is 18.5 Å². The van der Waals surface area contributed by atoms with E-state index in [1.807, 2.05) is 26.2 Å². The van der Waals surface area contributed by atoms with Gasteiger partial charge in [-0.15, -0.1) is 11.3 Å². The van der Waals surface area contributed by atoms with Gasteiger partial charge >= 0.3 is 0 Å². The second-order valence-electron chi connectivity index (χ2n) is 5.75. The van der Waals surface area contributed by atoms with Gasteiger partial charge in [-0.1, -0.05) is 13.8 Å². The van der Waals surface area contributed by atoms with Crippen molar-refractivity contribution in [2.45, 2.75) is 26.9 Å². The Balaban J connectivity index is 1.81. The summed E-state index contributed by atoms with van der Waals surface area (Å²) in [5.41, 5.74) is 1.12. The van der Waals surface area contributed by atoms with Gasteiger partial charge < -0.3 is 19.6 Å². The first kappa shape index (κ1) is 17.7. The molecular weight excluding hydrogens is 316 g/mol. The quantitative estimate of drug-likeness (QED) is 0.772. The number of nitrogens with zero attached hydrogens (tertiary/aromatic N) is 1. The van der Waals surface area contributed by atoms with Crippen molar-refractivity contribution < 1.29 is 19.1 Å². The molecule has 2 rings (SSSR count). The zero-order chi connectivity index (χ0) is 16.8. The van der Waals surface area contributed by atoms with E-state index in [9.17, 15) is 9.90 Å². The maximum atomic E-state index is 12.0. The number of furan rings is 1. The average molecular weight is 338 g/mol. The SMILES string of the molecule is Cc1nc(-c2cc(C(=O)NCC(O)COCC(C)C)co2)cs1. The highest BCUT2D eigenvalue weighted by Crippen LogP contribution is 2.23. The van der Waals surface area contributed by atoms with Gasteiger partial charge in [0.05, 0.1) is 23.3 Å². The summed E-state index contributed by atoms with van der Waals surface area (Å²) in [7, 11) is 0. The van der Waals surface area contributed by atoms with Crippen LogP contribution in [0.1, 0.15) is 29.2 Å². The van der Waals surface area contributed by atoms with E-state index in [0.717, 1.165) is 5.01 Å². The molecule has 2 aromatic heterocycles. The van der Waals surface area contributed by atoms with Gasteiger partial charge in [-0.2, -0.15) is 0 Å². The Morgan fingerprint density at radius 3 is 2.91 bits per heavy atom. The second kappa shape index (κ2) is 8.24. The molecule has 0 saturated carbocycles. The Labute approximate surface area is 139 Å². The van der Waals surface area contributed by atoms with Crippen molar-refractivity contribution in [2.24, 2.45) is 5.92 Å². The highest BCUT2D eigenvalue weighted by molar-refractivity contribution is 7.09. The molecule has 0 aliphatic rings. The van der Waals surface area contributed by atoms with Crippen molar-refractivity contribution in [1.82, 2.24) is 10.3 Å². The molecule has 0 radical (unpaired) electrons. The van der Waals surface area contributed by atoms with Crippen molar-refractivity contribution in [1.29, 1.82) is 0 Å². The third-order valence-electron chi connectivity index (χ3n) is 2.99. The zero-order valence-corrected chi connectivity index (χ0v) is 14.4. The van der Waals surface area contributed by atoms with E-state index in [1.165, 1.54) is 17.6 Å². The van der Waals surface area contributed by atoms with Gasteiger partial charge in [0.1, 0.15) is 12.0 Å². The minimum atomic E-state index is -0.731. The summed E-state index contributed by atoms with van der Waals surface area (Å²) in [4.78, 5) is 16.4. The number of aliphatic hydroxyl groups is 1. The topological polar surface area (TPSA) is 84.6 Å². The highest BCUT2D eigenvalue weighted by Gasteiger charge is 2.14. The predicted octanol–water partition coefficient (Wildman–Crippen LogP) is 2.47. The smallest absolute Gasteiger partial charge is 0.254 e. The number of hydrogen-bond donors (Lipinski definition) is 2. The maximum Gasteiger partial charge on any atom is 0.254 e. The molecule has 0 bridgehead atoms. The number of aromatic nitrogens is 1. The fourth-order valence-corrected chi connectivity index (χ4v) is 2.48. The second-order valence-corrected chi connectivity index (χ2v) is 6.81. The van der Waals surface area contributed by atoms with Gasteiger partial charge in [0.25, 0.3) is 5.91 Å². The van der Waals surface area contributed by atoms with E-state index in [1.54, 1.807) is 6.07 Å². The minimum absolute atomic E-state index is 0.132. The van der Waals surface area contributed by atoms with Crippen molar-refractivity contribution >= 4 is 17.2 Å². The molecule has 2 N–H and O–H groups in total. The number of amides is 1. The van der Waals surface area contributed by atoms with E-state index in [-0.39, 0.29) is 19.1 Å². The first-order valence-corrected chi connectivity index (χ1v) is 8.38. The number of rotatable bonds is 8. The lowest BCUT2D eigenvalue weighted by Gasteiger charge is -2.13. The summed E-state index contributed by atoms with van der Waals surface area (Å²) in [6.07, 6.45) is 0.659. The molecule has 0 fully saturated rings. The number of aryl methyl sites for hydroxylation is 1. The van der Waals surface area contributed by atoms with Crippen LogP contribution in [-0.2, 0) is 4.74 Å². The standard InChI is InChI=1S/C16H22N2O4S/c1-10(2)6-21-8-13(19)5-17-16(20)12-4-15(22-7-12)14-9-23-11(3)18-14/h4,7,9-10,13,19H,5-6,8H2,1-3H3,(H,17,20). The molecule has 0 aliphatic carbocycles. The molecule has 0 spiro atoms. The van der Waals surface area contributed by atoms with Crippen LogP contribution in [0.2, 0.25) is 0 Å². The van der Waals surface area contributed by atoms with Gasteiger partial charge in [-0.25, -0.2) is 4.98 Å². The zero-order valence-electron chi connectivity index (χ0n) is 13.5. The van der Waals surface area contributed by atoms with Crippen molar-refractivity contribution in [2.75, 3.05) is 19.8 Å². The first-order chi connectivity index (χ1) is 11.0. The van der Waals surface area contributed by atoms with Crippen LogP contribution in [-0.4, -0.2) is 41.9 Å². The number of thiazole rings is 1. The van der Waals surface area contributed by atoms with Crippen LogP contribution >= 0.6 is 11.3 Å². The van der Waals surface area contributed by atoms with Crippen LogP contribution in [0.25, 0.3) is 11.5 Å². The molecule has 23 heavy (non-hydrogen) atoms. The van der Waals surface area contributed by atoms with Gasteiger partial charge in [0.2, 0.25) is 0 Å². The molecule has 0 saturated heterocycles. The molecule has 2 heterocycles. The number of aliphatic hydroxyl groups excluding tert-OH is 1.